The first-order valence-corrected chi connectivity index (χ1v) is 6.34. The molecule has 0 nitrogen and oxygen atoms in total. The van der Waals surface area contributed by atoms with E-state index in [0.29, 0.717) is 5.88 Å². The second-order valence-corrected chi connectivity index (χ2v) is 5.18. The Bertz CT molecular complexity index is 297. The van der Waals surface area contributed by atoms with Crippen molar-refractivity contribution in [1.29, 1.82) is 0 Å². The molecule has 0 aromatic carbocycles. The first-order chi connectivity index (χ1) is 7.52. The van der Waals surface area contributed by atoms with Gasteiger partial charge >= 0.3 is 0 Å². The predicted molar refractivity (Wildman–Crippen MR) is 74.7 cm³/mol. The molecule has 0 spiro atoms. The molecule has 0 amide bonds. The van der Waals surface area contributed by atoms with E-state index in [2.05, 4.69) is 50.8 Å². The van der Waals surface area contributed by atoms with Crippen molar-refractivity contribution in [3.63, 3.8) is 0 Å². The fourth-order valence-corrected chi connectivity index (χ4v) is 1.42. The van der Waals surface area contributed by atoms with Gasteiger partial charge in [0, 0.05) is 12.3 Å². The highest BCUT2D eigenvalue weighted by molar-refractivity contribution is 6.17. The maximum atomic E-state index is 5.63. The summed E-state index contributed by atoms with van der Waals surface area (Å²) in [5.74, 6) is 6.79. The van der Waals surface area contributed by atoms with E-state index in [-0.39, 0.29) is 5.41 Å². The fourth-order valence-electron chi connectivity index (χ4n) is 1.31. The van der Waals surface area contributed by atoms with Gasteiger partial charge in [-0.15, -0.1) is 23.4 Å². The Morgan fingerprint density at radius 2 is 2.06 bits per heavy atom. The van der Waals surface area contributed by atoms with Crippen LogP contribution in [-0.4, -0.2) is 5.88 Å². The molecule has 0 atom stereocenters. The van der Waals surface area contributed by atoms with Crippen LogP contribution >= 0.6 is 11.6 Å². The number of alkyl halides is 1. The molecule has 0 aliphatic heterocycles. The Labute approximate surface area is 106 Å². The molecule has 0 radical (unpaired) electrons. The normalized spacial score (nSPS) is 12.7. The zero-order valence-corrected chi connectivity index (χ0v) is 11.7. The van der Waals surface area contributed by atoms with E-state index >= 15 is 0 Å². The summed E-state index contributed by atoms with van der Waals surface area (Å²) in [6.07, 6.45) is 9.54. The van der Waals surface area contributed by atoms with Crippen LogP contribution in [0.1, 0.15) is 47.0 Å². The number of halogens is 1. The highest BCUT2D eigenvalue weighted by Gasteiger charge is 2.13. The maximum Gasteiger partial charge on any atom is 0.0258 e. The van der Waals surface area contributed by atoms with Crippen molar-refractivity contribution in [2.75, 3.05) is 5.88 Å². The summed E-state index contributed by atoms with van der Waals surface area (Å²) in [5, 5.41) is 0. The van der Waals surface area contributed by atoms with E-state index in [9.17, 15) is 0 Å². The molecule has 0 N–H and O–H groups in total. The maximum absolute atomic E-state index is 5.63. The van der Waals surface area contributed by atoms with E-state index in [1.165, 1.54) is 5.57 Å². The lowest BCUT2D eigenvalue weighted by Crippen LogP contribution is -2.08. The second-order valence-electron chi connectivity index (χ2n) is 4.80. The van der Waals surface area contributed by atoms with Crippen LogP contribution < -0.4 is 0 Å². The van der Waals surface area contributed by atoms with Crippen LogP contribution in [0.5, 0.6) is 0 Å². The van der Waals surface area contributed by atoms with Gasteiger partial charge in [0.2, 0.25) is 0 Å². The largest absolute Gasteiger partial charge is 0.126 e. The van der Waals surface area contributed by atoms with Crippen molar-refractivity contribution < 1.29 is 0 Å². The molecule has 0 fully saturated rings. The van der Waals surface area contributed by atoms with Crippen LogP contribution in [0.3, 0.4) is 0 Å². The van der Waals surface area contributed by atoms with Crippen LogP contribution in [-0.2, 0) is 0 Å². The third-order valence-corrected chi connectivity index (χ3v) is 2.59. The third-order valence-electron chi connectivity index (χ3n) is 2.37. The van der Waals surface area contributed by atoms with Crippen LogP contribution in [0.25, 0.3) is 0 Å². The first-order valence-electron chi connectivity index (χ1n) is 5.81. The second kappa shape index (κ2) is 8.48. The van der Waals surface area contributed by atoms with Gasteiger partial charge in [0.25, 0.3) is 0 Å². The molecule has 0 heterocycles. The summed E-state index contributed by atoms with van der Waals surface area (Å²) in [6.45, 7) is 8.51. The molecule has 0 aromatic heterocycles. The minimum atomic E-state index is 0.270. The standard InChI is InChI=1S/C15H23Cl/c1-5-6-11-15(3,4)12-7-9-14(2)10-8-13-16/h7,9-10H,8,11-13H2,1-4H3/b9-7+,14-10+. The van der Waals surface area contributed by atoms with Gasteiger partial charge in [-0.2, -0.15) is 0 Å². The molecule has 0 rings (SSSR count). The average molecular weight is 239 g/mol. The summed E-state index contributed by atoms with van der Waals surface area (Å²) in [5.41, 5.74) is 1.56. The molecule has 0 bridgehead atoms. The highest BCUT2D eigenvalue weighted by Crippen LogP contribution is 2.25. The van der Waals surface area contributed by atoms with Crippen LogP contribution in [0.2, 0.25) is 0 Å². The fraction of sp³-hybridized carbons (Fsp3) is 0.600. The van der Waals surface area contributed by atoms with E-state index in [1.54, 1.807) is 0 Å². The monoisotopic (exact) mass is 238 g/mol. The molecule has 90 valence electrons. The molecule has 0 unspecified atom stereocenters. The minimum absolute atomic E-state index is 0.270. The van der Waals surface area contributed by atoms with Crippen molar-refractivity contribution in [2.45, 2.75) is 47.0 Å². The lowest BCUT2D eigenvalue weighted by molar-refractivity contribution is 0.383. The van der Waals surface area contributed by atoms with Crippen LogP contribution in [0.4, 0.5) is 0 Å². The number of allylic oxidation sites excluding steroid dienone is 4. The number of rotatable bonds is 6. The average Bonchev–Trinajstić information content (AvgIpc) is 2.23. The van der Waals surface area contributed by atoms with E-state index in [1.807, 2.05) is 6.92 Å². The lowest BCUT2D eigenvalue weighted by atomic mass is 9.85. The topological polar surface area (TPSA) is 0 Å². The van der Waals surface area contributed by atoms with Crippen molar-refractivity contribution in [3.05, 3.63) is 23.8 Å². The summed E-state index contributed by atoms with van der Waals surface area (Å²) < 4.78 is 0. The lowest BCUT2D eigenvalue weighted by Gasteiger charge is -2.19. The smallest absolute Gasteiger partial charge is 0.0258 e. The van der Waals surface area contributed by atoms with Crippen molar-refractivity contribution >= 4 is 11.6 Å². The minimum Gasteiger partial charge on any atom is -0.126 e. The molecule has 1 heteroatoms. The molecule has 0 aliphatic rings. The van der Waals surface area contributed by atoms with Gasteiger partial charge in [0.15, 0.2) is 0 Å². The zero-order valence-electron chi connectivity index (χ0n) is 10.9. The number of hydrogen-bond donors (Lipinski definition) is 0. The third kappa shape index (κ3) is 8.62. The Morgan fingerprint density at radius 3 is 2.62 bits per heavy atom. The summed E-state index contributed by atoms with van der Waals surface area (Å²) in [6, 6.07) is 0. The van der Waals surface area contributed by atoms with Crippen LogP contribution in [0.15, 0.2) is 23.8 Å². The van der Waals surface area contributed by atoms with Gasteiger partial charge in [-0.05, 0) is 32.1 Å². The van der Waals surface area contributed by atoms with Crippen LogP contribution in [0, 0.1) is 17.3 Å². The number of hydrogen-bond acceptors (Lipinski definition) is 0. The molecule has 0 saturated carbocycles. The van der Waals surface area contributed by atoms with Crippen molar-refractivity contribution in [3.8, 4) is 11.8 Å². The first kappa shape index (κ1) is 15.3. The van der Waals surface area contributed by atoms with Gasteiger partial charge in [-0.25, -0.2) is 0 Å². The molecule has 0 saturated heterocycles. The van der Waals surface area contributed by atoms with Gasteiger partial charge in [0.1, 0.15) is 0 Å². The molecule has 16 heavy (non-hydrogen) atoms. The van der Waals surface area contributed by atoms with Gasteiger partial charge in [0.05, 0.1) is 0 Å². The zero-order chi connectivity index (χ0) is 12.4. The Hall–Kier alpha value is -0.670. The molecule has 0 aliphatic carbocycles. The quantitative estimate of drug-likeness (QED) is 0.349. The van der Waals surface area contributed by atoms with Gasteiger partial charge < -0.3 is 0 Å². The predicted octanol–water partition coefficient (Wildman–Crippen LogP) is 4.95. The molecular formula is C15H23Cl. The van der Waals surface area contributed by atoms with E-state index in [4.69, 9.17) is 11.6 Å². The van der Waals surface area contributed by atoms with Gasteiger partial charge in [-0.3, -0.25) is 0 Å². The molecular weight excluding hydrogens is 216 g/mol. The van der Waals surface area contributed by atoms with E-state index < -0.39 is 0 Å². The molecule has 0 aromatic rings. The summed E-state index contributed by atoms with van der Waals surface area (Å²) in [4.78, 5) is 0. The van der Waals surface area contributed by atoms with Crippen molar-refractivity contribution in [2.24, 2.45) is 5.41 Å². The summed E-state index contributed by atoms with van der Waals surface area (Å²) >= 11 is 5.63. The SMILES string of the molecule is CC#CCC(C)(C)C/C=C/C(C)=C/CCCl. The Balaban J connectivity index is 4.10. The summed E-state index contributed by atoms with van der Waals surface area (Å²) in [7, 11) is 0. The highest BCUT2D eigenvalue weighted by atomic mass is 35.5. The van der Waals surface area contributed by atoms with Gasteiger partial charge in [-0.1, -0.05) is 37.6 Å². The Kier molecular flexibility index (Phi) is 8.12. The van der Waals surface area contributed by atoms with Crippen molar-refractivity contribution in [1.82, 2.24) is 0 Å². The van der Waals surface area contributed by atoms with E-state index in [0.717, 1.165) is 19.3 Å². The Morgan fingerprint density at radius 1 is 1.38 bits per heavy atom.